The summed E-state index contributed by atoms with van der Waals surface area (Å²) in [5.41, 5.74) is 3.72. The Hall–Kier alpha value is -2.37. The first-order chi connectivity index (χ1) is 15.0. The van der Waals surface area contributed by atoms with Crippen LogP contribution in [0.15, 0.2) is 42.5 Å². The number of carbonyl (C=O) groups excluding carboxylic acids is 1. The summed E-state index contributed by atoms with van der Waals surface area (Å²) in [5.74, 6) is 1.01. The van der Waals surface area contributed by atoms with Gasteiger partial charge in [-0.2, -0.15) is 0 Å². The molecule has 2 heterocycles. The van der Waals surface area contributed by atoms with Crippen LogP contribution in [-0.4, -0.2) is 57.5 Å². The number of benzene rings is 2. The molecule has 1 aliphatic heterocycles. The summed E-state index contributed by atoms with van der Waals surface area (Å²) in [6.07, 6.45) is 5.03. The zero-order valence-electron chi connectivity index (χ0n) is 18.2. The van der Waals surface area contributed by atoms with Crippen molar-refractivity contribution in [2.45, 2.75) is 51.2 Å². The molecule has 3 aromatic rings. The number of likely N-dealkylation sites (N-methyl/N-ethyl adjacent to an activating group) is 1. The molecule has 0 unspecified atom stereocenters. The highest BCUT2D eigenvalue weighted by atomic mass is 35.5. The molecule has 1 saturated carbocycles. The van der Waals surface area contributed by atoms with Gasteiger partial charge in [0.25, 0.3) is 5.91 Å². The second-order valence-electron chi connectivity index (χ2n) is 8.98. The Kier molecular flexibility index (Phi) is 5.49. The zero-order valence-corrected chi connectivity index (χ0v) is 19.0. The first kappa shape index (κ1) is 20.5. The first-order valence-electron chi connectivity index (χ1n) is 11.2. The molecule has 2 aromatic carbocycles. The number of imidazole rings is 1. The Bertz CT molecular complexity index is 1120. The van der Waals surface area contributed by atoms with Gasteiger partial charge < -0.3 is 9.47 Å². The van der Waals surface area contributed by atoms with Crippen LogP contribution >= 0.6 is 11.6 Å². The van der Waals surface area contributed by atoms with Crippen molar-refractivity contribution in [3.05, 3.63) is 64.4 Å². The molecule has 1 amide bonds. The molecule has 6 heteroatoms. The fraction of sp³-hybridized carbons (Fsp3) is 0.440. The molecular formula is C25H29ClN4O. The molecule has 5 rings (SSSR count). The lowest BCUT2D eigenvalue weighted by molar-refractivity contribution is 0.0720. The van der Waals surface area contributed by atoms with E-state index in [2.05, 4.69) is 20.5 Å². The minimum absolute atomic E-state index is 0.0539. The van der Waals surface area contributed by atoms with Crippen molar-refractivity contribution in [3.8, 4) is 0 Å². The lowest BCUT2D eigenvalue weighted by Crippen LogP contribution is -2.43. The maximum absolute atomic E-state index is 13.1. The number of hydrogen-bond donors (Lipinski definition) is 0. The molecule has 1 aromatic heterocycles. The molecule has 0 N–H and O–H groups in total. The van der Waals surface area contributed by atoms with Gasteiger partial charge in [0.05, 0.1) is 17.6 Å². The average molecular weight is 437 g/mol. The molecular weight excluding hydrogens is 408 g/mol. The lowest BCUT2D eigenvalue weighted by Gasteiger charge is -2.35. The normalized spacial score (nSPS) is 19.6. The van der Waals surface area contributed by atoms with E-state index in [0.717, 1.165) is 48.0 Å². The van der Waals surface area contributed by atoms with Gasteiger partial charge in [-0.3, -0.25) is 9.69 Å². The van der Waals surface area contributed by atoms with Crippen LogP contribution in [0.25, 0.3) is 11.0 Å². The monoisotopic (exact) mass is 436 g/mol. The molecule has 5 nitrogen and oxygen atoms in total. The van der Waals surface area contributed by atoms with Gasteiger partial charge in [-0.15, -0.1) is 0 Å². The Morgan fingerprint density at radius 3 is 2.74 bits per heavy atom. The highest BCUT2D eigenvalue weighted by molar-refractivity contribution is 6.31. The Labute approximate surface area is 188 Å². The van der Waals surface area contributed by atoms with E-state index < -0.39 is 0 Å². The standard InChI is InChI=1S/C25H29ClN4O/c1-17-27-23-8-3-4-9-24(23)30(17)15-19-11-10-18(14-22(19)26)25(31)28(2)21-12-13-29(16-21)20-6-5-7-20/h3-4,8-11,14,20-21H,5-7,12-13,15-16H2,1-2H3/t21-/m1/s1. The van der Waals surface area contributed by atoms with Gasteiger partial charge in [0.15, 0.2) is 0 Å². The van der Waals surface area contributed by atoms with Gasteiger partial charge in [-0.25, -0.2) is 4.98 Å². The van der Waals surface area contributed by atoms with Gasteiger partial charge >= 0.3 is 0 Å². The number of likely N-dealkylation sites (tertiary alicyclic amines) is 1. The molecule has 2 fully saturated rings. The molecule has 31 heavy (non-hydrogen) atoms. The van der Waals surface area contributed by atoms with E-state index in [4.69, 9.17) is 11.6 Å². The molecule has 0 radical (unpaired) electrons. The van der Waals surface area contributed by atoms with E-state index in [1.807, 2.05) is 55.3 Å². The third kappa shape index (κ3) is 3.85. The van der Waals surface area contributed by atoms with E-state index in [-0.39, 0.29) is 11.9 Å². The van der Waals surface area contributed by atoms with Crippen molar-refractivity contribution in [2.24, 2.45) is 0 Å². The summed E-state index contributed by atoms with van der Waals surface area (Å²) < 4.78 is 2.16. The summed E-state index contributed by atoms with van der Waals surface area (Å²) in [6, 6.07) is 14.9. The Morgan fingerprint density at radius 2 is 2.00 bits per heavy atom. The van der Waals surface area contributed by atoms with Crippen LogP contribution in [0, 0.1) is 6.92 Å². The van der Waals surface area contributed by atoms with E-state index in [1.165, 1.54) is 19.3 Å². The minimum Gasteiger partial charge on any atom is -0.337 e. The maximum atomic E-state index is 13.1. The number of amides is 1. The summed E-state index contributed by atoms with van der Waals surface area (Å²) in [6.45, 7) is 4.74. The van der Waals surface area contributed by atoms with Crippen LogP contribution in [0.4, 0.5) is 0 Å². The van der Waals surface area contributed by atoms with Crippen molar-refractivity contribution in [2.75, 3.05) is 20.1 Å². The van der Waals surface area contributed by atoms with Crippen LogP contribution in [-0.2, 0) is 6.54 Å². The summed E-state index contributed by atoms with van der Waals surface area (Å²) in [5, 5.41) is 0.624. The predicted molar refractivity (Wildman–Crippen MR) is 125 cm³/mol. The average Bonchev–Trinajstić information content (AvgIpc) is 3.32. The van der Waals surface area contributed by atoms with Crippen molar-refractivity contribution in [1.29, 1.82) is 0 Å². The third-order valence-electron chi connectivity index (χ3n) is 7.13. The summed E-state index contributed by atoms with van der Waals surface area (Å²) in [4.78, 5) is 22.2. The summed E-state index contributed by atoms with van der Waals surface area (Å²) >= 11 is 6.64. The molecule has 2 aliphatic rings. The van der Waals surface area contributed by atoms with Gasteiger partial charge in [0.2, 0.25) is 0 Å². The number of aryl methyl sites for hydroxylation is 1. The van der Waals surface area contributed by atoms with Gasteiger partial charge in [0, 0.05) is 42.8 Å². The van der Waals surface area contributed by atoms with E-state index >= 15 is 0 Å². The number of rotatable bonds is 5. The van der Waals surface area contributed by atoms with Crippen molar-refractivity contribution in [3.63, 3.8) is 0 Å². The number of nitrogens with zero attached hydrogens (tertiary/aromatic N) is 4. The van der Waals surface area contributed by atoms with Crippen molar-refractivity contribution >= 4 is 28.5 Å². The number of halogens is 1. The highest BCUT2D eigenvalue weighted by Crippen LogP contribution is 2.30. The molecule has 0 spiro atoms. The van der Waals surface area contributed by atoms with Crippen LogP contribution < -0.4 is 0 Å². The van der Waals surface area contributed by atoms with Crippen LogP contribution in [0.5, 0.6) is 0 Å². The molecule has 1 atom stereocenters. The summed E-state index contributed by atoms with van der Waals surface area (Å²) in [7, 11) is 1.93. The fourth-order valence-corrected chi connectivity index (χ4v) is 5.15. The van der Waals surface area contributed by atoms with Crippen LogP contribution in [0.2, 0.25) is 5.02 Å². The zero-order chi connectivity index (χ0) is 21.5. The quantitative estimate of drug-likeness (QED) is 0.579. The number of para-hydroxylation sites is 2. The molecule has 162 valence electrons. The van der Waals surface area contributed by atoms with Gasteiger partial charge in [-0.1, -0.05) is 36.2 Å². The van der Waals surface area contributed by atoms with E-state index in [1.54, 1.807) is 0 Å². The predicted octanol–water partition coefficient (Wildman–Crippen LogP) is 4.75. The Balaban J connectivity index is 1.31. The topological polar surface area (TPSA) is 41.4 Å². The number of aromatic nitrogens is 2. The smallest absolute Gasteiger partial charge is 0.253 e. The molecule has 0 bridgehead atoms. The SMILES string of the molecule is Cc1nc2ccccc2n1Cc1ccc(C(=O)N(C)[C@@H]2CCN(C3CCC3)C2)cc1Cl. The minimum atomic E-state index is 0.0539. The number of fused-ring (bicyclic) bond motifs is 1. The Morgan fingerprint density at radius 1 is 1.19 bits per heavy atom. The van der Waals surface area contributed by atoms with E-state index in [9.17, 15) is 4.79 Å². The molecule has 1 aliphatic carbocycles. The highest BCUT2D eigenvalue weighted by Gasteiger charge is 2.34. The third-order valence-corrected chi connectivity index (χ3v) is 7.48. The van der Waals surface area contributed by atoms with Crippen LogP contribution in [0.1, 0.15) is 47.4 Å². The van der Waals surface area contributed by atoms with Crippen molar-refractivity contribution in [1.82, 2.24) is 19.4 Å². The number of carbonyl (C=O) groups is 1. The maximum Gasteiger partial charge on any atom is 0.253 e. The van der Waals surface area contributed by atoms with Crippen LogP contribution in [0.3, 0.4) is 0 Å². The lowest BCUT2D eigenvalue weighted by atomic mass is 9.92. The number of hydrogen-bond acceptors (Lipinski definition) is 3. The van der Waals surface area contributed by atoms with E-state index in [0.29, 0.717) is 17.1 Å². The largest absolute Gasteiger partial charge is 0.337 e. The molecule has 1 saturated heterocycles. The first-order valence-corrected chi connectivity index (χ1v) is 11.6. The van der Waals surface area contributed by atoms with Gasteiger partial charge in [-0.05, 0) is 56.0 Å². The fourth-order valence-electron chi connectivity index (χ4n) is 4.91. The van der Waals surface area contributed by atoms with Crippen molar-refractivity contribution < 1.29 is 4.79 Å². The second-order valence-corrected chi connectivity index (χ2v) is 9.39. The second kappa shape index (κ2) is 8.29. The van der Waals surface area contributed by atoms with Gasteiger partial charge in [0.1, 0.15) is 5.82 Å².